The minimum atomic E-state index is -2.59. The van der Waals surface area contributed by atoms with Crippen molar-refractivity contribution >= 4 is 109 Å². The van der Waals surface area contributed by atoms with Crippen molar-refractivity contribution in [1.29, 1.82) is 0 Å². The van der Waals surface area contributed by atoms with Gasteiger partial charge in [0.1, 0.15) is 11.6 Å². The number of nitrogens with zero attached hydrogens (tertiary/aromatic N) is 1. The molecule has 1 aromatic heterocycles. The SMILES string of the molecule is CC(=O)C(C)(C)CO.CC(=O)C(C)C.CC(C)(CO)C(=O)CBr.CC(C)(CO[Si](c1ccccc1)(c1ccccc1)C(C)(C)C)C(=O)CBr.CC(C)(CO[Si](c1ccccc1)(c1ccccc1)C(C)(C)C)c1csc(N)n1. The molecule has 5 aromatic rings. The van der Waals surface area contributed by atoms with Crippen LogP contribution >= 0.6 is 43.2 Å². The molecule has 0 fully saturated rings. The fourth-order valence-electron chi connectivity index (χ4n) is 7.41. The molecule has 0 aliphatic heterocycles. The van der Waals surface area contributed by atoms with Gasteiger partial charge in [0.2, 0.25) is 0 Å². The molecule has 15 heteroatoms. The fourth-order valence-corrected chi connectivity index (χ4v) is 19.2. The van der Waals surface area contributed by atoms with Crippen molar-refractivity contribution in [1.82, 2.24) is 4.98 Å². The first-order chi connectivity index (χ1) is 35.5. The Kier molecular flexibility index (Phi) is 28.9. The number of carbonyl (C=O) groups is 4. The lowest BCUT2D eigenvalue weighted by atomic mass is 9.90. The lowest BCUT2D eigenvalue weighted by molar-refractivity contribution is -0.127. The van der Waals surface area contributed by atoms with Gasteiger partial charge < -0.3 is 24.8 Å². The van der Waals surface area contributed by atoms with E-state index >= 15 is 0 Å². The number of hydrogen-bond acceptors (Lipinski definition) is 11. The number of nitrogen functional groups attached to an aromatic ring is 1. The first kappa shape index (κ1) is 71.2. The van der Waals surface area contributed by atoms with Crippen LogP contribution in [0.4, 0.5) is 5.13 Å². The third kappa shape index (κ3) is 20.7. The number of nitrogens with two attached hydrogens (primary N) is 1. The zero-order valence-electron chi connectivity index (χ0n) is 49.5. The maximum Gasteiger partial charge on any atom is 0.261 e. The summed E-state index contributed by atoms with van der Waals surface area (Å²) in [5.41, 5.74) is 5.00. The number of aromatic nitrogens is 1. The topological polar surface area (TPSA) is 166 Å². The molecule has 0 saturated carbocycles. The number of ketones is 4. The van der Waals surface area contributed by atoms with Crippen LogP contribution in [0.15, 0.2) is 127 Å². The number of anilines is 1. The maximum absolute atomic E-state index is 12.4. The summed E-state index contributed by atoms with van der Waals surface area (Å²) < 4.78 is 13.9. The Bertz CT molecular complexity index is 2460. The van der Waals surface area contributed by atoms with Crippen molar-refractivity contribution in [3.63, 3.8) is 0 Å². The predicted molar refractivity (Wildman–Crippen MR) is 336 cm³/mol. The highest BCUT2D eigenvalue weighted by molar-refractivity contribution is 9.09. The first-order valence-electron chi connectivity index (χ1n) is 26.1. The van der Waals surface area contributed by atoms with Crippen molar-refractivity contribution in [3.8, 4) is 0 Å². The molecule has 0 atom stereocenters. The van der Waals surface area contributed by atoms with Gasteiger partial charge in [0.05, 0.1) is 29.6 Å². The Morgan fingerprint density at radius 1 is 0.545 bits per heavy atom. The molecule has 1 heterocycles. The van der Waals surface area contributed by atoms with Crippen LogP contribution in [0.5, 0.6) is 0 Å². The Hall–Kier alpha value is -3.78. The van der Waals surface area contributed by atoms with Crippen LogP contribution in [0.25, 0.3) is 0 Å². The van der Waals surface area contributed by atoms with Gasteiger partial charge in [0.15, 0.2) is 16.7 Å². The van der Waals surface area contributed by atoms with E-state index in [0.717, 1.165) is 5.69 Å². The minimum Gasteiger partial charge on any atom is -0.406 e. The molecule has 0 amide bonds. The van der Waals surface area contributed by atoms with E-state index in [9.17, 15) is 19.2 Å². The highest BCUT2D eigenvalue weighted by Gasteiger charge is 2.52. The minimum absolute atomic E-state index is 0.0278. The van der Waals surface area contributed by atoms with Crippen LogP contribution in [0.3, 0.4) is 0 Å². The number of aliphatic hydroxyl groups is 2. The van der Waals surface area contributed by atoms with Crippen LogP contribution < -0.4 is 26.5 Å². The molecule has 0 unspecified atom stereocenters. The summed E-state index contributed by atoms with van der Waals surface area (Å²) in [4.78, 5) is 48.4. The number of benzene rings is 4. The highest BCUT2D eigenvalue weighted by atomic mass is 79.9. The molecule has 0 saturated heterocycles. The van der Waals surface area contributed by atoms with E-state index in [0.29, 0.717) is 29.0 Å². The van der Waals surface area contributed by atoms with E-state index in [1.165, 1.54) is 39.0 Å². The van der Waals surface area contributed by atoms with Gasteiger partial charge in [-0.1, -0.05) is 264 Å². The first-order valence-corrected chi connectivity index (χ1v) is 33.1. The van der Waals surface area contributed by atoms with Gasteiger partial charge >= 0.3 is 0 Å². The normalized spacial score (nSPS) is 12.3. The van der Waals surface area contributed by atoms with E-state index in [4.69, 9.17) is 24.8 Å². The second-order valence-electron chi connectivity index (χ2n) is 24.3. The monoisotopic (exact) mass is 1240 g/mol. The lowest BCUT2D eigenvalue weighted by Gasteiger charge is -2.44. The second kappa shape index (κ2) is 31.3. The maximum atomic E-state index is 12.4. The zero-order chi connectivity index (χ0) is 59.3. The van der Waals surface area contributed by atoms with Crippen molar-refractivity contribution in [2.75, 3.05) is 42.8 Å². The van der Waals surface area contributed by atoms with Crippen molar-refractivity contribution in [3.05, 3.63) is 132 Å². The van der Waals surface area contributed by atoms with Crippen LogP contribution in [-0.2, 0) is 33.4 Å². The number of rotatable bonds is 19. The summed E-state index contributed by atoms with van der Waals surface area (Å²) in [6.07, 6.45) is 0. The van der Waals surface area contributed by atoms with Crippen molar-refractivity contribution < 1.29 is 38.2 Å². The largest absolute Gasteiger partial charge is 0.406 e. The molecular weight excluding hydrogens is 1150 g/mol. The summed E-state index contributed by atoms with van der Waals surface area (Å²) in [6, 6.07) is 42.5. The molecule has 10 nitrogen and oxygen atoms in total. The Morgan fingerprint density at radius 2 is 0.844 bits per heavy atom. The molecule has 0 aliphatic rings. The molecule has 0 radical (unpaired) electrons. The van der Waals surface area contributed by atoms with Crippen molar-refractivity contribution in [2.45, 2.75) is 140 Å². The molecule has 426 valence electrons. The van der Waals surface area contributed by atoms with E-state index in [1.807, 2.05) is 45.2 Å². The van der Waals surface area contributed by atoms with E-state index in [1.54, 1.807) is 34.6 Å². The molecule has 0 spiro atoms. The van der Waals surface area contributed by atoms with Gasteiger partial charge in [-0.05, 0) is 44.7 Å². The number of hydrogen-bond donors (Lipinski definition) is 3. The summed E-state index contributed by atoms with van der Waals surface area (Å²) in [5, 5.41) is 25.5. The Morgan fingerprint density at radius 3 is 1.05 bits per heavy atom. The van der Waals surface area contributed by atoms with E-state index < -0.39 is 32.9 Å². The van der Waals surface area contributed by atoms with Gasteiger partial charge in [0, 0.05) is 46.2 Å². The molecule has 5 rings (SSSR count). The highest BCUT2D eigenvalue weighted by Crippen LogP contribution is 2.40. The molecule has 4 N–H and O–H groups in total. The van der Waals surface area contributed by atoms with Crippen LogP contribution in [0.2, 0.25) is 10.1 Å². The zero-order valence-corrected chi connectivity index (χ0v) is 55.5. The third-order valence-electron chi connectivity index (χ3n) is 13.7. The average Bonchev–Trinajstić information content (AvgIpc) is 3.84. The molecule has 0 bridgehead atoms. The quantitative estimate of drug-likeness (QED) is 0.0535. The van der Waals surface area contributed by atoms with Gasteiger partial charge in [-0.25, -0.2) is 4.98 Å². The molecular formula is C62H92Br2N2O8SSi2. The third-order valence-corrected chi connectivity index (χ3v) is 25.3. The molecule has 4 aromatic carbocycles. The van der Waals surface area contributed by atoms with Gasteiger partial charge in [-0.15, -0.1) is 11.3 Å². The van der Waals surface area contributed by atoms with Crippen LogP contribution in [0.1, 0.15) is 130 Å². The summed E-state index contributed by atoms with van der Waals surface area (Å²) in [6.45, 7) is 36.5. The number of Topliss-reactive ketones (excluding diaryl/α,β-unsaturated/α-hetero) is 4. The van der Waals surface area contributed by atoms with Gasteiger partial charge in [-0.2, -0.15) is 0 Å². The number of carbonyl (C=O) groups excluding carboxylic acids is 4. The lowest BCUT2D eigenvalue weighted by Crippen LogP contribution is -2.67. The summed E-state index contributed by atoms with van der Waals surface area (Å²) >= 11 is 7.82. The predicted octanol–water partition coefficient (Wildman–Crippen LogP) is 11.9. The number of alkyl halides is 2. The molecule has 77 heavy (non-hydrogen) atoms. The van der Waals surface area contributed by atoms with E-state index in [2.05, 4.69) is 201 Å². The Labute approximate surface area is 486 Å². The standard InChI is InChI=1S/C23H30N2OSSi.C22H29BrO2Si.C6H11BrO2.C6H12O2.C5H10O/c1-22(2,3)28(18-12-8-6-9-13-18,19-14-10-7-11-15-19)26-17-23(4,5)20-16-27-21(24)25-20;1-21(2,3)26(18-12-8-6-9-13-18,19-14-10-7-11-15-19)25-17-22(4,5)20(24)16-23;1-6(2,4-8)5(9)3-7;1-5(8)6(2,3)4-7;1-4(2)5(3)6/h6-16H,17H2,1-5H3,(H2,24,25);6-15H,16-17H2,1-5H3;8H,3-4H2,1-2H3;7H,4H2,1-3H3;4H,1-3H3. The van der Waals surface area contributed by atoms with Crippen molar-refractivity contribution in [2.24, 2.45) is 22.2 Å². The summed E-state index contributed by atoms with van der Waals surface area (Å²) in [7, 11) is -5.13. The number of aliphatic hydroxyl groups excluding tert-OH is 2. The summed E-state index contributed by atoms with van der Waals surface area (Å²) in [5.74, 6) is 0.695. The van der Waals surface area contributed by atoms with Crippen LogP contribution in [0, 0.1) is 22.2 Å². The fraction of sp³-hybridized carbons (Fsp3) is 0.500. The second-order valence-corrected chi connectivity index (χ2v) is 34.9. The van der Waals surface area contributed by atoms with E-state index in [-0.39, 0.29) is 57.8 Å². The average molecular weight is 1240 g/mol. The van der Waals surface area contributed by atoms with Gasteiger partial charge in [0.25, 0.3) is 16.6 Å². The van der Waals surface area contributed by atoms with Crippen LogP contribution in [-0.4, -0.2) is 92.1 Å². The Balaban J connectivity index is 0.000000551. The smallest absolute Gasteiger partial charge is 0.261 e. The number of thiazole rings is 1. The molecule has 0 aliphatic carbocycles. The number of halogens is 2. The van der Waals surface area contributed by atoms with Gasteiger partial charge in [-0.3, -0.25) is 19.2 Å².